The first kappa shape index (κ1) is 18.9. The van der Waals surface area contributed by atoms with E-state index in [2.05, 4.69) is 25.7 Å². The van der Waals surface area contributed by atoms with Gasteiger partial charge < -0.3 is 29.0 Å². The second kappa shape index (κ2) is 7.53. The number of aliphatic hydroxyl groups is 1. The van der Waals surface area contributed by atoms with Gasteiger partial charge in [0, 0.05) is 12.5 Å². The zero-order valence-corrected chi connectivity index (χ0v) is 16.6. The molecule has 0 amide bonds. The molecule has 1 N–H and O–H groups in total. The van der Waals surface area contributed by atoms with E-state index >= 15 is 0 Å². The first-order chi connectivity index (χ1) is 13.6. The van der Waals surface area contributed by atoms with Gasteiger partial charge in [-0.2, -0.15) is 0 Å². The first-order valence-corrected chi connectivity index (χ1v) is 9.81. The van der Waals surface area contributed by atoms with Crippen molar-refractivity contribution in [3.05, 3.63) is 47.5 Å². The van der Waals surface area contributed by atoms with Crippen LogP contribution in [-0.4, -0.2) is 43.2 Å². The van der Waals surface area contributed by atoms with E-state index < -0.39 is 5.60 Å². The van der Waals surface area contributed by atoms with Crippen molar-refractivity contribution in [2.45, 2.75) is 26.4 Å². The third-order valence-corrected chi connectivity index (χ3v) is 5.77. The van der Waals surface area contributed by atoms with Gasteiger partial charge in [-0.15, -0.1) is 0 Å². The van der Waals surface area contributed by atoms with E-state index in [-0.39, 0.29) is 19.5 Å². The lowest BCUT2D eigenvalue weighted by Gasteiger charge is -2.38. The van der Waals surface area contributed by atoms with E-state index in [4.69, 9.17) is 18.9 Å². The van der Waals surface area contributed by atoms with Crippen LogP contribution in [0.25, 0.3) is 0 Å². The van der Waals surface area contributed by atoms with Gasteiger partial charge in [-0.05, 0) is 48.5 Å². The highest BCUT2D eigenvalue weighted by molar-refractivity contribution is 5.52. The minimum atomic E-state index is -1.22. The van der Waals surface area contributed by atoms with Gasteiger partial charge in [0.25, 0.3) is 0 Å². The summed E-state index contributed by atoms with van der Waals surface area (Å²) in [6, 6.07) is 11.3. The van der Waals surface area contributed by atoms with Crippen molar-refractivity contribution in [1.82, 2.24) is 4.90 Å². The topological polar surface area (TPSA) is 60.4 Å². The maximum absolute atomic E-state index is 12.1. The molecule has 0 aromatic heterocycles. The fourth-order valence-corrected chi connectivity index (χ4v) is 4.00. The van der Waals surface area contributed by atoms with E-state index in [0.29, 0.717) is 23.0 Å². The highest BCUT2D eigenvalue weighted by Crippen LogP contribution is 2.44. The van der Waals surface area contributed by atoms with Gasteiger partial charge in [0.05, 0.1) is 0 Å². The normalized spacial score (nSPS) is 15.9. The molecule has 0 bridgehead atoms. The third kappa shape index (κ3) is 3.16. The van der Waals surface area contributed by atoms with Crippen molar-refractivity contribution in [3.8, 4) is 23.0 Å². The molecule has 0 saturated heterocycles. The Hall–Kier alpha value is -2.44. The van der Waals surface area contributed by atoms with Gasteiger partial charge in [0.1, 0.15) is 5.60 Å². The van der Waals surface area contributed by atoms with E-state index in [0.717, 1.165) is 30.8 Å². The van der Waals surface area contributed by atoms with Crippen molar-refractivity contribution in [3.63, 3.8) is 0 Å². The Bertz CT molecular complexity index is 791. The number of nitrogens with zero attached hydrogens (tertiary/aromatic N) is 1. The van der Waals surface area contributed by atoms with Gasteiger partial charge >= 0.3 is 0 Å². The smallest absolute Gasteiger partial charge is 0.231 e. The van der Waals surface area contributed by atoms with Crippen LogP contribution in [0.5, 0.6) is 23.0 Å². The van der Waals surface area contributed by atoms with Crippen LogP contribution in [0.2, 0.25) is 0 Å². The molecule has 2 aromatic carbocycles. The number of hydrogen-bond acceptors (Lipinski definition) is 6. The molecule has 1 atom stereocenters. The molecule has 0 saturated carbocycles. The molecule has 2 aliphatic rings. The van der Waals surface area contributed by atoms with Crippen LogP contribution in [0.1, 0.15) is 31.9 Å². The minimum Gasteiger partial charge on any atom is -0.454 e. The molecule has 1 unspecified atom stereocenters. The molecule has 0 spiro atoms. The molecule has 6 nitrogen and oxygen atoms in total. The van der Waals surface area contributed by atoms with Crippen molar-refractivity contribution in [2.24, 2.45) is 5.92 Å². The molecule has 0 aliphatic carbocycles. The molecular weight excluding hydrogens is 358 g/mol. The summed E-state index contributed by atoms with van der Waals surface area (Å²) in [5.74, 6) is 2.65. The number of benzene rings is 2. The lowest BCUT2D eigenvalue weighted by molar-refractivity contribution is 0.00843. The molecule has 4 rings (SSSR count). The molecule has 2 heterocycles. The van der Waals surface area contributed by atoms with Crippen LogP contribution in [0.15, 0.2) is 36.4 Å². The fraction of sp³-hybridized carbons (Fsp3) is 0.455. The van der Waals surface area contributed by atoms with E-state index in [1.54, 1.807) is 0 Å². The molecule has 0 fully saturated rings. The fourth-order valence-electron chi connectivity index (χ4n) is 4.00. The summed E-state index contributed by atoms with van der Waals surface area (Å²) in [5.41, 5.74) is 0.329. The van der Waals surface area contributed by atoms with Crippen LogP contribution < -0.4 is 18.9 Å². The summed E-state index contributed by atoms with van der Waals surface area (Å²) >= 11 is 0. The van der Waals surface area contributed by atoms with E-state index in [9.17, 15) is 5.11 Å². The van der Waals surface area contributed by atoms with Crippen LogP contribution >= 0.6 is 0 Å². The van der Waals surface area contributed by atoms with Crippen molar-refractivity contribution in [2.75, 3.05) is 33.2 Å². The third-order valence-electron chi connectivity index (χ3n) is 5.77. The number of rotatable bonds is 7. The molecule has 150 valence electrons. The highest BCUT2D eigenvalue weighted by Gasteiger charge is 2.40. The SMILES string of the molecule is CCN(CC)CC(C)C(O)(c1ccc2c(c1)OCO2)c1ccc2c(c1)OCO2. The molecule has 6 heteroatoms. The van der Waals surface area contributed by atoms with E-state index in [1.807, 2.05) is 36.4 Å². The number of ether oxygens (including phenoxy) is 4. The average Bonchev–Trinajstić information content (AvgIpc) is 3.38. The Kier molecular flexibility index (Phi) is 5.08. The average molecular weight is 385 g/mol. The van der Waals surface area contributed by atoms with E-state index in [1.165, 1.54) is 0 Å². The zero-order valence-electron chi connectivity index (χ0n) is 16.6. The summed E-state index contributed by atoms with van der Waals surface area (Å²) in [5, 5.41) is 12.1. The largest absolute Gasteiger partial charge is 0.454 e. The summed E-state index contributed by atoms with van der Waals surface area (Å²) in [7, 11) is 0. The Morgan fingerprint density at radius 3 is 1.79 bits per heavy atom. The molecule has 2 aliphatic heterocycles. The summed E-state index contributed by atoms with van der Waals surface area (Å²) in [4.78, 5) is 2.32. The highest BCUT2D eigenvalue weighted by atomic mass is 16.7. The standard InChI is InChI=1S/C22H27NO5/c1-4-23(5-2)12-15(3)22(24,16-6-8-18-20(10-16)27-13-25-18)17-7-9-19-21(11-17)28-14-26-19/h6-11,15,24H,4-5,12-14H2,1-3H3. The lowest BCUT2D eigenvalue weighted by atomic mass is 9.76. The Morgan fingerprint density at radius 1 is 0.857 bits per heavy atom. The Balaban J connectivity index is 1.78. The molecule has 28 heavy (non-hydrogen) atoms. The van der Waals surface area contributed by atoms with Crippen molar-refractivity contribution >= 4 is 0 Å². The Morgan fingerprint density at radius 2 is 1.32 bits per heavy atom. The molecule has 2 aromatic rings. The monoisotopic (exact) mass is 385 g/mol. The Labute approximate surface area is 165 Å². The second-order valence-corrected chi connectivity index (χ2v) is 7.29. The minimum absolute atomic E-state index is 0.0758. The van der Waals surface area contributed by atoms with Gasteiger partial charge in [-0.3, -0.25) is 0 Å². The predicted molar refractivity (Wildman–Crippen MR) is 105 cm³/mol. The van der Waals surface area contributed by atoms with Gasteiger partial charge in [-0.1, -0.05) is 32.9 Å². The maximum atomic E-state index is 12.1. The second-order valence-electron chi connectivity index (χ2n) is 7.29. The van der Waals surface area contributed by atoms with Crippen LogP contribution in [0.4, 0.5) is 0 Å². The van der Waals surface area contributed by atoms with Crippen molar-refractivity contribution in [1.29, 1.82) is 0 Å². The van der Waals surface area contributed by atoms with Gasteiger partial charge in [-0.25, -0.2) is 0 Å². The van der Waals surface area contributed by atoms with Crippen LogP contribution in [0.3, 0.4) is 0 Å². The number of fused-ring (bicyclic) bond motifs is 2. The molecular formula is C22H27NO5. The van der Waals surface area contributed by atoms with Crippen LogP contribution in [-0.2, 0) is 5.60 Å². The summed E-state index contributed by atoms with van der Waals surface area (Å²) in [6.45, 7) is 9.37. The zero-order chi connectivity index (χ0) is 19.7. The van der Waals surface area contributed by atoms with Gasteiger partial charge in [0.2, 0.25) is 13.6 Å². The molecule has 0 radical (unpaired) electrons. The number of hydrogen-bond donors (Lipinski definition) is 1. The lowest BCUT2D eigenvalue weighted by Crippen LogP contribution is -2.42. The van der Waals surface area contributed by atoms with Gasteiger partial charge in [0.15, 0.2) is 23.0 Å². The van der Waals surface area contributed by atoms with Crippen molar-refractivity contribution < 1.29 is 24.1 Å². The van der Waals surface area contributed by atoms with Crippen LogP contribution in [0, 0.1) is 5.92 Å². The summed E-state index contributed by atoms with van der Waals surface area (Å²) < 4.78 is 22.0. The first-order valence-electron chi connectivity index (χ1n) is 9.81. The summed E-state index contributed by atoms with van der Waals surface area (Å²) in [6.07, 6.45) is 0. The quantitative estimate of drug-likeness (QED) is 0.789. The predicted octanol–water partition coefficient (Wildman–Crippen LogP) is 3.36. The maximum Gasteiger partial charge on any atom is 0.231 e.